The molecule has 0 spiro atoms. The fourth-order valence-electron chi connectivity index (χ4n) is 3.98. The molecule has 2 aliphatic heterocycles. The summed E-state index contributed by atoms with van der Waals surface area (Å²) in [6, 6.07) is 10.5. The quantitative estimate of drug-likeness (QED) is 0.712. The number of likely N-dealkylation sites (tertiary alicyclic amines) is 1. The molecule has 2 aromatic heterocycles. The second kappa shape index (κ2) is 7.35. The number of thioether (sulfide) groups is 1. The lowest BCUT2D eigenvalue weighted by molar-refractivity contribution is -0.113. The Morgan fingerprint density at radius 3 is 2.71 bits per heavy atom. The normalized spacial score (nSPS) is 18.2. The lowest BCUT2D eigenvalue weighted by atomic mass is 10.1. The van der Waals surface area contributed by atoms with Crippen molar-refractivity contribution in [1.29, 1.82) is 0 Å². The third-order valence-electron chi connectivity index (χ3n) is 5.37. The minimum atomic E-state index is -0.0404. The highest BCUT2D eigenvalue weighted by atomic mass is 32.2. The minimum absolute atomic E-state index is 0.0284. The number of carbonyl (C=O) groups is 1. The molecule has 1 aromatic carbocycles. The highest BCUT2D eigenvalue weighted by Gasteiger charge is 2.26. The molecular weight excluding hydrogens is 392 g/mol. The number of thiophene rings is 1. The summed E-state index contributed by atoms with van der Waals surface area (Å²) in [4.78, 5) is 31.9. The Morgan fingerprint density at radius 2 is 1.93 bits per heavy atom. The molecule has 6 nitrogen and oxygen atoms in total. The first-order valence-electron chi connectivity index (χ1n) is 9.44. The van der Waals surface area contributed by atoms with Crippen LogP contribution in [-0.4, -0.2) is 39.2 Å². The van der Waals surface area contributed by atoms with Crippen LogP contribution in [0.25, 0.3) is 10.2 Å². The fourth-order valence-corrected chi connectivity index (χ4v) is 6.16. The van der Waals surface area contributed by atoms with Crippen molar-refractivity contribution < 1.29 is 4.79 Å². The standard InChI is InChI=1S/C20H20N4O2S2/c25-15-11-27-20-17(22-15)16-18(28-20)19(26)24(12-21-16)10-14(23-8-4-5-9-23)13-6-2-1-3-7-13/h1-3,6-7,12,14H,4-5,8-11H2,(H,22,25). The number of anilines is 1. The molecule has 1 amide bonds. The Labute approximate surface area is 170 Å². The number of hydrogen-bond acceptors (Lipinski definition) is 6. The predicted molar refractivity (Wildman–Crippen MR) is 113 cm³/mol. The number of hydrogen-bond donors (Lipinski definition) is 1. The number of nitrogens with one attached hydrogen (secondary N) is 1. The van der Waals surface area contributed by atoms with Gasteiger partial charge in [-0.25, -0.2) is 4.98 Å². The topological polar surface area (TPSA) is 67.2 Å². The monoisotopic (exact) mass is 412 g/mol. The zero-order chi connectivity index (χ0) is 19.1. The van der Waals surface area contributed by atoms with Crippen molar-refractivity contribution in [3.05, 3.63) is 52.6 Å². The summed E-state index contributed by atoms with van der Waals surface area (Å²) in [6.07, 6.45) is 4.03. The molecule has 3 aromatic rings. The maximum atomic E-state index is 13.2. The van der Waals surface area contributed by atoms with Gasteiger partial charge >= 0.3 is 0 Å². The predicted octanol–water partition coefficient (Wildman–Crippen LogP) is 3.34. The van der Waals surface area contributed by atoms with Crippen LogP contribution in [0.4, 0.5) is 5.69 Å². The van der Waals surface area contributed by atoms with Crippen LogP contribution in [0.3, 0.4) is 0 Å². The van der Waals surface area contributed by atoms with Crippen molar-refractivity contribution in [2.75, 3.05) is 24.2 Å². The lowest BCUT2D eigenvalue weighted by Crippen LogP contribution is -2.32. The van der Waals surface area contributed by atoms with E-state index >= 15 is 0 Å². The van der Waals surface area contributed by atoms with E-state index in [2.05, 4.69) is 39.5 Å². The lowest BCUT2D eigenvalue weighted by Gasteiger charge is -2.28. The van der Waals surface area contributed by atoms with Crippen molar-refractivity contribution in [2.24, 2.45) is 0 Å². The van der Waals surface area contributed by atoms with E-state index < -0.39 is 0 Å². The molecule has 1 saturated heterocycles. The third-order valence-corrected chi connectivity index (χ3v) is 7.80. The van der Waals surface area contributed by atoms with E-state index in [0.29, 0.717) is 28.2 Å². The van der Waals surface area contributed by atoms with Gasteiger partial charge in [0.25, 0.3) is 5.56 Å². The van der Waals surface area contributed by atoms with Crippen molar-refractivity contribution in [3.8, 4) is 0 Å². The zero-order valence-electron chi connectivity index (χ0n) is 15.3. The van der Waals surface area contributed by atoms with Gasteiger partial charge in [-0.2, -0.15) is 0 Å². The second-order valence-electron chi connectivity index (χ2n) is 7.15. The van der Waals surface area contributed by atoms with Gasteiger partial charge < -0.3 is 5.32 Å². The minimum Gasteiger partial charge on any atom is -0.322 e. The summed E-state index contributed by atoms with van der Waals surface area (Å²) < 4.78 is 3.32. The van der Waals surface area contributed by atoms with Crippen LogP contribution in [0.2, 0.25) is 0 Å². The number of nitrogens with zero attached hydrogens (tertiary/aromatic N) is 3. The number of aromatic nitrogens is 2. The SMILES string of the molecule is O=C1CSc2sc3c(=O)n(CC(c4ccccc4)N4CCCC4)cnc3c2N1. The van der Waals surface area contributed by atoms with Gasteiger partial charge in [0.05, 0.1) is 28.0 Å². The smallest absolute Gasteiger partial charge is 0.271 e. The van der Waals surface area contributed by atoms with Gasteiger partial charge in [-0.05, 0) is 31.5 Å². The number of carbonyl (C=O) groups excluding carboxylic acids is 1. The summed E-state index contributed by atoms with van der Waals surface area (Å²) in [6.45, 7) is 2.69. The van der Waals surface area contributed by atoms with Crippen molar-refractivity contribution in [2.45, 2.75) is 29.6 Å². The Bertz CT molecular complexity index is 1090. The molecule has 28 heavy (non-hydrogen) atoms. The molecular formula is C20H20N4O2S2. The van der Waals surface area contributed by atoms with Gasteiger partial charge in [0.1, 0.15) is 10.2 Å². The first-order chi connectivity index (χ1) is 13.7. The summed E-state index contributed by atoms with van der Waals surface area (Å²) in [5.41, 5.74) is 2.51. The second-order valence-corrected chi connectivity index (χ2v) is 9.42. The average molecular weight is 413 g/mol. The number of rotatable bonds is 4. The fraction of sp³-hybridized carbons (Fsp3) is 0.350. The molecule has 1 fully saturated rings. The summed E-state index contributed by atoms with van der Waals surface area (Å²) in [7, 11) is 0. The summed E-state index contributed by atoms with van der Waals surface area (Å²) in [5.74, 6) is 0.348. The maximum Gasteiger partial charge on any atom is 0.271 e. The van der Waals surface area contributed by atoms with E-state index in [9.17, 15) is 9.59 Å². The highest BCUT2D eigenvalue weighted by molar-refractivity contribution is 8.02. The number of benzene rings is 1. The number of amides is 1. The van der Waals surface area contributed by atoms with Gasteiger partial charge in [0.2, 0.25) is 5.91 Å². The van der Waals surface area contributed by atoms with E-state index in [1.807, 2.05) is 6.07 Å². The van der Waals surface area contributed by atoms with Crippen LogP contribution in [0, 0.1) is 0 Å². The molecule has 0 aliphatic carbocycles. The van der Waals surface area contributed by atoms with Gasteiger partial charge in [-0.1, -0.05) is 30.3 Å². The van der Waals surface area contributed by atoms with E-state index in [1.54, 1.807) is 10.9 Å². The van der Waals surface area contributed by atoms with Crippen LogP contribution in [-0.2, 0) is 11.3 Å². The molecule has 5 rings (SSSR count). The van der Waals surface area contributed by atoms with Crippen LogP contribution in [0.15, 0.2) is 45.7 Å². The summed E-state index contributed by atoms with van der Waals surface area (Å²) >= 11 is 2.91. The van der Waals surface area contributed by atoms with E-state index in [4.69, 9.17) is 0 Å². The largest absolute Gasteiger partial charge is 0.322 e. The molecule has 0 radical (unpaired) electrons. The highest BCUT2D eigenvalue weighted by Crippen LogP contribution is 2.42. The van der Waals surface area contributed by atoms with Crippen molar-refractivity contribution >= 4 is 44.9 Å². The molecule has 1 unspecified atom stereocenters. The molecule has 0 bridgehead atoms. The Hall–Kier alpha value is -2.16. The first-order valence-corrected chi connectivity index (χ1v) is 11.2. The van der Waals surface area contributed by atoms with E-state index in [0.717, 1.165) is 17.3 Å². The molecule has 144 valence electrons. The van der Waals surface area contributed by atoms with Gasteiger partial charge in [0, 0.05) is 6.54 Å². The Balaban J connectivity index is 1.54. The van der Waals surface area contributed by atoms with Crippen LogP contribution in [0.1, 0.15) is 24.4 Å². The van der Waals surface area contributed by atoms with E-state index in [-0.39, 0.29) is 17.5 Å². The van der Waals surface area contributed by atoms with Gasteiger partial charge in [-0.3, -0.25) is 19.1 Å². The van der Waals surface area contributed by atoms with Crippen molar-refractivity contribution in [1.82, 2.24) is 14.5 Å². The molecule has 8 heteroatoms. The van der Waals surface area contributed by atoms with Crippen LogP contribution < -0.4 is 10.9 Å². The van der Waals surface area contributed by atoms with Gasteiger partial charge in [-0.15, -0.1) is 23.1 Å². The Morgan fingerprint density at radius 1 is 1.14 bits per heavy atom. The first kappa shape index (κ1) is 17.9. The average Bonchev–Trinajstić information content (AvgIpc) is 3.36. The van der Waals surface area contributed by atoms with Crippen LogP contribution >= 0.6 is 23.1 Å². The maximum absolute atomic E-state index is 13.2. The molecule has 2 aliphatic rings. The molecule has 1 atom stereocenters. The van der Waals surface area contributed by atoms with Gasteiger partial charge in [0.15, 0.2) is 0 Å². The number of fused-ring (bicyclic) bond motifs is 3. The molecule has 1 N–H and O–H groups in total. The van der Waals surface area contributed by atoms with E-state index in [1.165, 1.54) is 41.5 Å². The molecule has 4 heterocycles. The molecule has 0 saturated carbocycles. The van der Waals surface area contributed by atoms with Crippen LogP contribution in [0.5, 0.6) is 0 Å². The summed E-state index contributed by atoms with van der Waals surface area (Å²) in [5, 5.41) is 2.87. The van der Waals surface area contributed by atoms with Crippen molar-refractivity contribution in [3.63, 3.8) is 0 Å². The Kier molecular flexibility index (Phi) is 4.70. The third kappa shape index (κ3) is 3.15. The zero-order valence-corrected chi connectivity index (χ0v) is 16.9.